The molecule has 2 atom stereocenters. The van der Waals surface area contributed by atoms with Gasteiger partial charge in [-0.05, 0) is 31.7 Å². The maximum absolute atomic E-state index is 13.9. The van der Waals surface area contributed by atoms with E-state index in [9.17, 15) is 4.39 Å². The van der Waals surface area contributed by atoms with E-state index in [-0.39, 0.29) is 17.8 Å². The molecule has 0 bridgehead atoms. The number of nitrogens with one attached hydrogen (secondary N) is 2. The SMILES string of the molecule is CCNC(=NCCSC)NC1CC1c1c(F)cccc1Cl. The highest BCUT2D eigenvalue weighted by atomic mass is 35.5. The Labute approximate surface area is 134 Å². The van der Waals surface area contributed by atoms with E-state index in [4.69, 9.17) is 11.6 Å². The fourth-order valence-corrected chi connectivity index (χ4v) is 2.86. The van der Waals surface area contributed by atoms with Crippen LogP contribution in [0.4, 0.5) is 4.39 Å². The van der Waals surface area contributed by atoms with E-state index in [1.807, 2.05) is 6.92 Å². The van der Waals surface area contributed by atoms with Gasteiger partial charge in [0.25, 0.3) is 0 Å². The predicted octanol–water partition coefficient (Wildman–Crippen LogP) is 3.25. The molecule has 1 aromatic rings. The molecule has 0 amide bonds. The fourth-order valence-electron chi connectivity index (χ4n) is 2.28. The van der Waals surface area contributed by atoms with Crippen LogP contribution < -0.4 is 10.6 Å². The van der Waals surface area contributed by atoms with Gasteiger partial charge >= 0.3 is 0 Å². The first-order valence-electron chi connectivity index (χ1n) is 7.15. The van der Waals surface area contributed by atoms with E-state index in [1.54, 1.807) is 23.9 Å². The van der Waals surface area contributed by atoms with Gasteiger partial charge in [-0.3, -0.25) is 4.99 Å². The van der Waals surface area contributed by atoms with Crippen LogP contribution in [0, 0.1) is 5.82 Å². The average molecular weight is 330 g/mol. The monoisotopic (exact) mass is 329 g/mol. The van der Waals surface area contributed by atoms with E-state index >= 15 is 0 Å². The topological polar surface area (TPSA) is 36.4 Å². The van der Waals surface area contributed by atoms with Gasteiger partial charge in [-0.25, -0.2) is 4.39 Å². The summed E-state index contributed by atoms with van der Waals surface area (Å²) in [5.41, 5.74) is 0.622. The van der Waals surface area contributed by atoms with Crippen molar-refractivity contribution < 1.29 is 4.39 Å². The van der Waals surface area contributed by atoms with Gasteiger partial charge in [0.1, 0.15) is 5.82 Å². The molecule has 0 aliphatic heterocycles. The van der Waals surface area contributed by atoms with Crippen molar-refractivity contribution >= 4 is 29.3 Å². The summed E-state index contributed by atoms with van der Waals surface area (Å²) in [5.74, 6) is 1.69. The Kier molecular flexibility index (Phi) is 6.18. The lowest BCUT2D eigenvalue weighted by Gasteiger charge is -2.11. The Morgan fingerprint density at radius 2 is 2.33 bits per heavy atom. The number of aliphatic imine (C=N–C) groups is 1. The number of halogens is 2. The van der Waals surface area contributed by atoms with Crippen molar-refractivity contribution in [1.82, 2.24) is 10.6 Å². The Hall–Kier alpha value is -0.940. The van der Waals surface area contributed by atoms with Crippen LogP contribution in [0.2, 0.25) is 5.02 Å². The fraction of sp³-hybridized carbons (Fsp3) is 0.533. The van der Waals surface area contributed by atoms with Gasteiger partial charge in [-0.2, -0.15) is 11.8 Å². The molecule has 0 aromatic heterocycles. The van der Waals surface area contributed by atoms with Gasteiger partial charge in [0.15, 0.2) is 5.96 Å². The maximum Gasteiger partial charge on any atom is 0.191 e. The van der Waals surface area contributed by atoms with Crippen LogP contribution in [-0.4, -0.2) is 37.1 Å². The Morgan fingerprint density at radius 1 is 1.52 bits per heavy atom. The van der Waals surface area contributed by atoms with E-state index in [1.165, 1.54) is 6.07 Å². The minimum atomic E-state index is -0.221. The lowest BCUT2D eigenvalue weighted by Crippen LogP contribution is -2.39. The molecule has 1 aromatic carbocycles. The second kappa shape index (κ2) is 7.90. The zero-order valence-corrected chi connectivity index (χ0v) is 13.9. The van der Waals surface area contributed by atoms with E-state index in [2.05, 4.69) is 21.9 Å². The van der Waals surface area contributed by atoms with E-state index < -0.39 is 0 Å². The molecule has 1 fully saturated rings. The summed E-state index contributed by atoms with van der Waals surface area (Å²) >= 11 is 7.88. The van der Waals surface area contributed by atoms with Crippen LogP contribution in [0.1, 0.15) is 24.8 Å². The van der Waals surface area contributed by atoms with Crippen LogP contribution in [-0.2, 0) is 0 Å². The molecule has 0 spiro atoms. The summed E-state index contributed by atoms with van der Waals surface area (Å²) in [4.78, 5) is 4.50. The summed E-state index contributed by atoms with van der Waals surface area (Å²) in [7, 11) is 0. The predicted molar refractivity (Wildman–Crippen MR) is 90.1 cm³/mol. The zero-order chi connectivity index (χ0) is 15.2. The molecule has 3 nitrogen and oxygen atoms in total. The summed E-state index contributed by atoms with van der Waals surface area (Å²) in [6.07, 6.45) is 2.95. The van der Waals surface area contributed by atoms with Crippen LogP contribution in [0.25, 0.3) is 0 Å². The minimum absolute atomic E-state index is 0.128. The lowest BCUT2D eigenvalue weighted by molar-refractivity contribution is 0.608. The van der Waals surface area contributed by atoms with Gasteiger partial charge in [0, 0.05) is 34.8 Å². The maximum atomic E-state index is 13.9. The third-order valence-corrected chi connectivity index (χ3v) is 4.31. The molecule has 116 valence electrons. The van der Waals surface area contributed by atoms with E-state index in [0.717, 1.165) is 31.2 Å². The van der Waals surface area contributed by atoms with Crippen LogP contribution in [0.15, 0.2) is 23.2 Å². The molecule has 1 saturated carbocycles. The smallest absolute Gasteiger partial charge is 0.191 e. The van der Waals surface area contributed by atoms with Crippen LogP contribution >= 0.6 is 23.4 Å². The quantitative estimate of drug-likeness (QED) is 0.478. The van der Waals surface area contributed by atoms with Gasteiger partial charge in [-0.15, -0.1) is 0 Å². The molecule has 2 unspecified atom stereocenters. The zero-order valence-electron chi connectivity index (χ0n) is 12.3. The van der Waals surface area contributed by atoms with Crippen molar-refractivity contribution in [3.63, 3.8) is 0 Å². The van der Waals surface area contributed by atoms with E-state index in [0.29, 0.717) is 10.6 Å². The number of nitrogens with zero attached hydrogens (tertiary/aromatic N) is 1. The summed E-state index contributed by atoms with van der Waals surface area (Å²) in [5, 5.41) is 7.08. The normalized spacial score (nSPS) is 21.2. The Bertz CT molecular complexity index is 489. The third kappa shape index (κ3) is 4.51. The van der Waals surface area contributed by atoms with Crippen molar-refractivity contribution in [2.75, 3.05) is 25.1 Å². The molecule has 0 saturated heterocycles. The summed E-state index contributed by atoms with van der Waals surface area (Å²) in [6, 6.07) is 5.05. The molecule has 21 heavy (non-hydrogen) atoms. The number of thioether (sulfide) groups is 1. The van der Waals surface area contributed by atoms with Crippen molar-refractivity contribution in [1.29, 1.82) is 0 Å². The molecule has 1 aliphatic carbocycles. The highest BCUT2D eigenvalue weighted by Gasteiger charge is 2.41. The molecule has 0 radical (unpaired) electrons. The van der Waals surface area contributed by atoms with Crippen molar-refractivity contribution in [2.45, 2.75) is 25.3 Å². The number of hydrogen-bond acceptors (Lipinski definition) is 2. The summed E-state index contributed by atoms with van der Waals surface area (Å²) in [6.45, 7) is 3.61. The number of rotatable bonds is 6. The molecular formula is C15H21ClFN3S. The van der Waals surface area contributed by atoms with Gasteiger partial charge in [0.05, 0.1) is 6.54 Å². The summed E-state index contributed by atoms with van der Waals surface area (Å²) < 4.78 is 13.9. The first-order valence-corrected chi connectivity index (χ1v) is 8.92. The highest BCUT2D eigenvalue weighted by molar-refractivity contribution is 7.98. The number of hydrogen-bond donors (Lipinski definition) is 2. The largest absolute Gasteiger partial charge is 0.357 e. The molecular weight excluding hydrogens is 309 g/mol. The lowest BCUT2D eigenvalue weighted by atomic mass is 10.1. The first-order chi connectivity index (χ1) is 10.2. The molecule has 2 N–H and O–H groups in total. The van der Waals surface area contributed by atoms with Crippen molar-refractivity contribution in [3.8, 4) is 0 Å². The molecule has 6 heteroatoms. The second-order valence-corrected chi connectivity index (χ2v) is 6.37. The Balaban J connectivity index is 1.97. The molecule has 2 rings (SSSR count). The van der Waals surface area contributed by atoms with Crippen LogP contribution in [0.3, 0.4) is 0 Å². The van der Waals surface area contributed by atoms with Crippen LogP contribution in [0.5, 0.6) is 0 Å². The number of benzene rings is 1. The highest BCUT2D eigenvalue weighted by Crippen LogP contribution is 2.44. The van der Waals surface area contributed by atoms with Gasteiger partial charge in [-0.1, -0.05) is 17.7 Å². The first kappa shape index (κ1) is 16.4. The Morgan fingerprint density at radius 3 is 3.00 bits per heavy atom. The number of guanidine groups is 1. The van der Waals surface area contributed by atoms with Crippen molar-refractivity contribution in [2.24, 2.45) is 4.99 Å². The standard InChI is InChI=1S/C15H21ClFN3S/c1-3-18-15(19-7-8-21-2)20-13-9-10(13)14-11(16)5-4-6-12(14)17/h4-6,10,13H,3,7-9H2,1-2H3,(H2,18,19,20). The van der Waals surface area contributed by atoms with Gasteiger partial charge in [0.2, 0.25) is 0 Å². The van der Waals surface area contributed by atoms with Gasteiger partial charge < -0.3 is 10.6 Å². The van der Waals surface area contributed by atoms with Crippen molar-refractivity contribution in [3.05, 3.63) is 34.6 Å². The molecule has 1 aliphatic rings. The minimum Gasteiger partial charge on any atom is -0.357 e. The average Bonchev–Trinajstić information content (AvgIpc) is 3.18. The third-order valence-electron chi connectivity index (χ3n) is 3.39. The second-order valence-electron chi connectivity index (χ2n) is 4.98. The molecule has 0 heterocycles.